The van der Waals surface area contributed by atoms with E-state index in [1.165, 1.54) is 54.7 Å². The minimum Gasteiger partial charge on any atom is -0.489 e. The van der Waals surface area contributed by atoms with Crippen LogP contribution >= 0.6 is 0 Å². The Hall–Kier alpha value is -1.84. The molecule has 0 amide bonds. The van der Waals surface area contributed by atoms with Gasteiger partial charge in [0, 0.05) is 18.2 Å². The monoisotopic (exact) mass is 390 g/mol. The standard InChI is InChI=1S/C26H34N2O/c1-4-26(2,3)20-9-10-24-22(15-20)25(21-8-6-5-7-19(21)17-29-24)27-23-16-28-13-11-18(23)12-14-28/h5-10,15,18,23,25,27H,4,11-14,16-17H2,1-3H3. The Morgan fingerprint density at radius 2 is 1.86 bits per heavy atom. The number of rotatable bonds is 4. The van der Waals surface area contributed by atoms with Crippen LogP contribution in [-0.2, 0) is 12.0 Å². The molecule has 3 heteroatoms. The molecule has 0 spiro atoms. The number of hydrogen-bond donors (Lipinski definition) is 1. The zero-order valence-corrected chi connectivity index (χ0v) is 18.1. The van der Waals surface area contributed by atoms with Crippen molar-refractivity contribution in [3.05, 3.63) is 64.7 Å². The van der Waals surface area contributed by atoms with Gasteiger partial charge in [-0.1, -0.05) is 51.1 Å². The van der Waals surface area contributed by atoms with E-state index in [1.54, 1.807) is 0 Å². The summed E-state index contributed by atoms with van der Waals surface area (Å²) in [6.45, 7) is 11.3. The maximum absolute atomic E-state index is 6.31. The van der Waals surface area contributed by atoms with Crippen LogP contribution in [0.4, 0.5) is 0 Å². The number of ether oxygens (including phenoxy) is 1. The van der Waals surface area contributed by atoms with Crippen LogP contribution < -0.4 is 10.1 Å². The van der Waals surface area contributed by atoms with Crippen molar-refractivity contribution in [2.24, 2.45) is 5.92 Å². The van der Waals surface area contributed by atoms with Gasteiger partial charge in [-0.25, -0.2) is 0 Å². The van der Waals surface area contributed by atoms with Crippen molar-refractivity contribution >= 4 is 0 Å². The van der Waals surface area contributed by atoms with Gasteiger partial charge >= 0.3 is 0 Å². The molecular formula is C26H34N2O. The predicted octanol–water partition coefficient (Wildman–Crippen LogP) is 5.04. The van der Waals surface area contributed by atoms with Gasteiger partial charge in [0.25, 0.3) is 0 Å². The molecule has 2 bridgehead atoms. The smallest absolute Gasteiger partial charge is 0.124 e. The quantitative estimate of drug-likeness (QED) is 0.791. The molecule has 154 valence electrons. The number of benzene rings is 2. The molecule has 4 heterocycles. The third-order valence-electron chi connectivity index (χ3n) is 7.77. The topological polar surface area (TPSA) is 24.5 Å². The summed E-state index contributed by atoms with van der Waals surface area (Å²) in [5.41, 5.74) is 5.57. The average molecular weight is 391 g/mol. The molecular weight excluding hydrogens is 356 g/mol. The van der Waals surface area contributed by atoms with E-state index >= 15 is 0 Å². The van der Waals surface area contributed by atoms with E-state index in [4.69, 9.17) is 4.74 Å². The first kappa shape index (κ1) is 19.1. The molecule has 0 aliphatic carbocycles. The molecule has 3 saturated heterocycles. The molecule has 2 aromatic rings. The summed E-state index contributed by atoms with van der Waals surface area (Å²) < 4.78 is 6.31. The Morgan fingerprint density at radius 1 is 1.07 bits per heavy atom. The highest BCUT2D eigenvalue weighted by atomic mass is 16.5. The molecule has 1 N–H and O–H groups in total. The largest absolute Gasteiger partial charge is 0.489 e. The SMILES string of the molecule is CCC(C)(C)c1ccc2c(c1)C(NC1CN3CCC1CC3)c1ccccc1CO2. The maximum atomic E-state index is 6.31. The molecule has 4 aliphatic rings. The molecule has 29 heavy (non-hydrogen) atoms. The van der Waals surface area contributed by atoms with E-state index in [0.717, 1.165) is 18.1 Å². The van der Waals surface area contributed by atoms with Gasteiger partial charge in [-0.05, 0) is 72.5 Å². The highest BCUT2D eigenvalue weighted by Gasteiger charge is 2.37. The Balaban J connectivity index is 1.57. The Bertz CT molecular complexity index is 882. The van der Waals surface area contributed by atoms with Gasteiger partial charge in [-0.2, -0.15) is 0 Å². The molecule has 2 aromatic carbocycles. The second-order valence-electron chi connectivity index (χ2n) is 9.82. The van der Waals surface area contributed by atoms with Crippen LogP contribution in [0.15, 0.2) is 42.5 Å². The lowest BCUT2D eigenvalue weighted by atomic mass is 9.79. The van der Waals surface area contributed by atoms with Crippen molar-refractivity contribution in [2.75, 3.05) is 19.6 Å². The molecule has 2 atom stereocenters. The fourth-order valence-electron chi connectivity index (χ4n) is 5.35. The minimum absolute atomic E-state index is 0.168. The van der Waals surface area contributed by atoms with Crippen molar-refractivity contribution in [2.45, 2.75) is 64.1 Å². The lowest BCUT2D eigenvalue weighted by molar-refractivity contribution is 0.0691. The number of fused-ring (bicyclic) bond motifs is 5. The van der Waals surface area contributed by atoms with Crippen LogP contribution in [0.2, 0.25) is 0 Å². The van der Waals surface area contributed by atoms with Gasteiger partial charge in [0.05, 0.1) is 6.04 Å². The molecule has 2 unspecified atom stereocenters. The van der Waals surface area contributed by atoms with E-state index in [9.17, 15) is 0 Å². The first-order valence-corrected chi connectivity index (χ1v) is 11.4. The molecule has 0 aromatic heterocycles. The van der Waals surface area contributed by atoms with Crippen LogP contribution in [0.25, 0.3) is 0 Å². The Morgan fingerprint density at radius 3 is 2.59 bits per heavy atom. The van der Waals surface area contributed by atoms with Crippen LogP contribution in [0.1, 0.15) is 68.3 Å². The lowest BCUT2D eigenvalue weighted by Crippen LogP contribution is -2.56. The Labute approximate surface area is 175 Å². The minimum atomic E-state index is 0.168. The van der Waals surface area contributed by atoms with Crippen molar-refractivity contribution in [1.29, 1.82) is 0 Å². The fraction of sp³-hybridized carbons (Fsp3) is 0.538. The summed E-state index contributed by atoms with van der Waals surface area (Å²) in [5.74, 6) is 1.84. The first-order chi connectivity index (χ1) is 14.0. The summed E-state index contributed by atoms with van der Waals surface area (Å²) in [5, 5.41) is 4.12. The highest BCUT2D eigenvalue weighted by Crippen LogP contribution is 2.40. The molecule has 4 aliphatic heterocycles. The molecule has 6 rings (SSSR count). The number of nitrogens with one attached hydrogen (secondary N) is 1. The number of piperidine rings is 3. The molecule has 3 nitrogen and oxygen atoms in total. The van der Waals surface area contributed by atoms with E-state index in [-0.39, 0.29) is 11.5 Å². The third-order valence-corrected chi connectivity index (χ3v) is 7.77. The molecule has 0 radical (unpaired) electrons. The summed E-state index contributed by atoms with van der Waals surface area (Å²) in [6, 6.07) is 16.5. The molecule has 3 fully saturated rings. The van der Waals surface area contributed by atoms with Crippen molar-refractivity contribution in [1.82, 2.24) is 10.2 Å². The summed E-state index contributed by atoms with van der Waals surface area (Å²) in [7, 11) is 0. The normalized spacial score (nSPS) is 28.2. The maximum Gasteiger partial charge on any atom is 0.124 e. The number of hydrogen-bond acceptors (Lipinski definition) is 3. The van der Waals surface area contributed by atoms with E-state index in [1.807, 2.05) is 0 Å². The lowest BCUT2D eigenvalue weighted by Gasteiger charge is -2.46. The van der Waals surface area contributed by atoms with E-state index < -0.39 is 0 Å². The van der Waals surface area contributed by atoms with Crippen molar-refractivity contribution < 1.29 is 4.74 Å². The second kappa shape index (κ2) is 7.45. The fourth-order valence-corrected chi connectivity index (χ4v) is 5.35. The number of nitrogens with zero attached hydrogens (tertiary/aromatic N) is 1. The van der Waals surface area contributed by atoms with E-state index in [2.05, 4.69) is 73.5 Å². The zero-order chi connectivity index (χ0) is 20.0. The highest BCUT2D eigenvalue weighted by molar-refractivity contribution is 5.49. The van der Waals surface area contributed by atoms with Gasteiger partial charge in [0.2, 0.25) is 0 Å². The van der Waals surface area contributed by atoms with Crippen LogP contribution in [0.3, 0.4) is 0 Å². The van der Waals surface area contributed by atoms with Crippen molar-refractivity contribution in [3.63, 3.8) is 0 Å². The van der Waals surface area contributed by atoms with Gasteiger partial charge in [0.15, 0.2) is 0 Å². The van der Waals surface area contributed by atoms with Crippen LogP contribution in [0.5, 0.6) is 5.75 Å². The van der Waals surface area contributed by atoms with Crippen LogP contribution in [-0.4, -0.2) is 30.6 Å². The molecule has 0 saturated carbocycles. The summed E-state index contributed by atoms with van der Waals surface area (Å²) in [4.78, 5) is 2.63. The first-order valence-electron chi connectivity index (χ1n) is 11.4. The van der Waals surface area contributed by atoms with Gasteiger partial charge < -0.3 is 15.0 Å². The summed E-state index contributed by atoms with van der Waals surface area (Å²) in [6.07, 6.45) is 3.79. The Kier molecular flexibility index (Phi) is 4.92. The van der Waals surface area contributed by atoms with Gasteiger partial charge in [-0.3, -0.25) is 0 Å². The average Bonchev–Trinajstić information content (AvgIpc) is 2.92. The zero-order valence-electron chi connectivity index (χ0n) is 18.1. The summed E-state index contributed by atoms with van der Waals surface area (Å²) >= 11 is 0. The third kappa shape index (κ3) is 3.49. The second-order valence-corrected chi connectivity index (χ2v) is 9.82. The van der Waals surface area contributed by atoms with E-state index in [0.29, 0.717) is 12.6 Å². The van der Waals surface area contributed by atoms with Crippen LogP contribution in [0, 0.1) is 5.92 Å². The van der Waals surface area contributed by atoms with Crippen molar-refractivity contribution in [3.8, 4) is 5.75 Å². The van der Waals surface area contributed by atoms with Gasteiger partial charge in [0.1, 0.15) is 12.4 Å². The predicted molar refractivity (Wildman–Crippen MR) is 118 cm³/mol. The van der Waals surface area contributed by atoms with Gasteiger partial charge in [-0.15, -0.1) is 0 Å².